The van der Waals surface area contributed by atoms with Gasteiger partial charge >= 0.3 is 11.7 Å². The number of carbonyl (C=O) groups excluding carboxylic acids is 3. The molecule has 7 rings (SSSR count). The van der Waals surface area contributed by atoms with Gasteiger partial charge in [0.05, 0.1) is 22.3 Å². The van der Waals surface area contributed by atoms with Crippen molar-refractivity contribution in [2.75, 3.05) is 25.0 Å². The summed E-state index contributed by atoms with van der Waals surface area (Å²) in [5.74, 6) is -2.24. The van der Waals surface area contributed by atoms with E-state index in [-0.39, 0.29) is 65.3 Å². The number of hydrogen-bond acceptors (Lipinski definition) is 11. The molecule has 0 radical (unpaired) electrons. The van der Waals surface area contributed by atoms with Gasteiger partial charge in [-0.3, -0.25) is 14.5 Å². The van der Waals surface area contributed by atoms with Crippen LogP contribution in [-0.4, -0.2) is 89.4 Å². The minimum absolute atomic E-state index is 0.0510. The minimum Gasteiger partial charge on any atom is -0.508 e. The molecular weight excluding hydrogens is 904 g/mol. The third kappa shape index (κ3) is 11.5. The predicted molar refractivity (Wildman–Crippen MR) is 253 cm³/mol. The van der Waals surface area contributed by atoms with E-state index < -0.39 is 41.4 Å². The topological polar surface area (TPSA) is 220 Å². The van der Waals surface area contributed by atoms with E-state index in [9.17, 15) is 29.4 Å². The number of aromatic amines is 2. The van der Waals surface area contributed by atoms with Gasteiger partial charge in [0.2, 0.25) is 5.91 Å². The summed E-state index contributed by atoms with van der Waals surface area (Å²) in [5, 5.41) is 37.2. The van der Waals surface area contributed by atoms with Crippen molar-refractivity contribution in [3.63, 3.8) is 0 Å². The summed E-state index contributed by atoms with van der Waals surface area (Å²) in [5.41, 5.74) is 2.83. The van der Waals surface area contributed by atoms with E-state index in [1.54, 1.807) is 67.0 Å². The number of anilines is 1. The molecule has 19 heteroatoms. The first-order valence-electron chi connectivity index (χ1n) is 21.8. The zero-order valence-electron chi connectivity index (χ0n) is 37.5. The number of aromatic nitrogens is 5. The average molecular weight is 957 g/mol. The number of benzene rings is 3. The zero-order chi connectivity index (χ0) is 48.1. The Morgan fingerprint density at radius 1 is 0.940 bits per heavy atom. The number of piperidine rings is 1. The lowest BCUT2D eigenvalue weighted by atomic mass is 9.95. The molecule has 1 aliphatic heterocycles. The summed E-state index contributed by atoms with van der Waals surface area (Å²) in [6.45, 7) is 10.2. The SMILES string of the molecule is CC(C)Nc1cc(-c2c[nH]c(C(=O)N[C@@H](COC(=O)[C@H](C)NC(=O)C3CCN(Cc4ccc(-n5c(-c6cc(C(C)C)c(O)cc6O)n[nH]c5=O)cc4F)CC3)c3cccc(Cl)c3)c2)c(Cl)cn1. The van der Waals surface area contributed by atoms with Crippen LogP contribution in [0.25, 0.3) is 28.2 Å². The van der Waals surface area contributed by atoms with Crippen LogP contribution in [0.4, 0.5) is 10.2 Å². The van der Waals surface area contributed by atoms with E-state index in [1.807, 2.05) is 32.6 Å². The lowest BCUT2D eigenvalue weighted by molar-refractivity contribution is -0.148. The number of likely N-dealkylation sites (tertiary alicyclic amines) is 1. The number of ether oxygens (including phenoxy) is 1. The Kier molecular flexibility index (Phi) is 15.0. The first-order chi connectivity index (χ1) is 31.9. The number of halogens is 3. The summed E-state index contributed by atoms with van der Waals surface area (Å²) in [7, 11) is 0. The van der Waals surface area contributed by atoms with E-state index >= 15 is 4.39 Å². The quantitative estimate of drug-likeness (QED) is 0.0463. The molecule has 2 amide bonds. The monoisotopic (exact) mass is 955 g/mol. The van der Waals surface area contributed by atoms with Gasteiger partial charge in [-0.15, -0.1) is 0 Å². The molecule has 6 aromatic rings. The third-order valence-corrected chi connectivity index (χ3v) is 12.1. The zero-order valence-corrected chi connectivity index (χ0v) is 39.0. The van der Waals surface area contributed by atoms with Crippen LogP contribution in [0.15, 0.2) is 83.9 Å². The molecule has 7 N–H and O–H groups in total. The van der Waals surface area contributed by atoms with Gasteiger partial charge < -0.3 is 35.9 Å². The average Bonchev–Trinajstić information content (AvgIpc) is 3.93. The van der Waals surface area contributed by atoms with Crippen molar-refractivity contribution >= 4 is 46.8 Å². The van der Waals surface area contributed by atoms with Crippen molar-refractivity contribution in [2.45, 2.75) is 78.0 Å². The lowest BCUT2D eigenvalue weighted by Gasteiger charge is -2.31. The fourth-order valence-corrected chi connectivity index (χ4v) is 8.34. The van der Waals surface area contributed by atoms with Gasteiger partial charge in [-0.1, -0.05) is 55.2 Å². The Morgan fingerprint density at radius 2 is 1.70 bits per heavy atom. The molecule has 1 saturated heterocycles. The smallest absolute Gasteiger partial charge is 0.348 e. The van der Waals surface area contributed by atoms with Crippen LogP contribution in [0.3, 0.4) is 0 Å². The standard InChI is InChI=1S/C48H52Cl2FN9O7/c1-25(2)34-18-36(42(62)20-41(34)61)44-57-58-48(66)60(44)33-10-9-30(38(51)17-33)23-59-13-11-28(12-14-59)45(63)55-27(5)47(65)67-24-40(29-7-6-8-32(49)15-29)56-46(64)39-16-31(21-52-39)35-19-43(54-26(3)4)53-22-37(35)50/h6-10,15-22,25-28,40,52,61-62H,11-14,23-24H2,1-5H3,(H,53,54)(H,55,63)(H,56,64)(H,58,66)/t27-,40-/m0/s1. The molecule has 1 aliphatic rings. The Morgan fingerprint density at radius 3 is 2.40 bits per heavy atom. The maximum Gasteiger partial charge on any atom is 0.348 e. The first-order valence-corrected chi connectivity index (χ1v) is 22.6. The Hall–Kier alpha value is -6.69. The van der Waals surface area contributed by atoms with E-state index in [2.05, 4.69) is 36.1 Å². The molecule has 0 unspecified atom stereocenters. The third-order valence-electron chi connectivity index (χ3n) is 11.5. The van der Waals surface area contributed by atoms with Gasteiger partial charge in [0.25, 0.3) is 5.91 Å². The van der Waals surface area contributed by atoms with Crippen LogP contribution in [-0.2, 0) is 20.9 Å². The molecule has 3 aromatic carbocycles. The van der Waals surface area contributed by atoms with Crippen molar-refractivity contribution in [1.82, 2.24) is 40.3 Å². The Bertz CT molecular complexity index is 2840. The van der Waals surface area contributed by atoms with Crippen LogP contribution in [0.2, 0.25) is 10.0 Å². The van der Waals surface area contributed by atoms with E-state index in [1.165, 1.54) is 19.1 Å². The van der Waals surface area contributed by atoms with Crippen LogP contribution in [0.5, 0.6) is 11.5 Å². The number of H-pyrrole nitrogens is 2. The molecule has 2 atom stereocenters. The summed E-state index contributed by atoms with van der Waals surface area (Å²) in [4.78, 5) is 62.4. The van der Waals surface area contributed by atoms with Crippen molar-refractivity contribution in [3.8, 4) is 39.7 Å². The number of nitrogens with zero attached hydrogens (tertiary/aromatic N) is 4. The van der Waals surface area contributed by atoms with Crippen molar-refractivity contribution in [1.29, 1.82) is 0 Å². The maximum absolute atomic E-state index is 15.7. The van der Waals surface area contributed by atoms with Gasteiger partial charge in [-0.2, -0.15) is 5.10 Å². The molecule has 0 spiro atoms. The van der Waals surface area contributed by atoms with Gasteiger partial charge in [0, 0.05) is 58.7 Å². The number of esters is 1. The van der Waals surface area contributed by atoms with Crippen LogP contribution >= 0.6 is 23.2 Å². The lowest BCUT2D eigenvalue weighted by Crippen LogP contribution is -2.46. The fraction of sp³-hybridized carbons (Fsp3) is 0.333. The highest BCUT2D eigenvalue weighted by molar-refractivity contribution is 6.33. The molecule has 0 bridgehead atoms. The Balaban J connectivity index is 0.925. The number of carbonyl (C=O) groups is 3. The van der Waals surface area contributed by atoms with Crippen LogP contribution in [0, 0.1) is 11.7 Å². The number of rotatable bonds is 16. The molecule has 67 heavy (non-hydrogen) atoms. The van der Waals surface area contributed by atoms with Gasteiger partial charge in [-0.25, -0.2) is 28.6 Å². The highest BCUT2D eigenvalue weighted by Crippen LogP contribution is 2.38. The van der Waals surface area contributed by atoms with Gasteiger partial charge in [0.1, 0.15) is 41.5 Å². The Labute approximate surface area is 395 Å². The van der Waals surface area contributed by atoms with Crippen molar-refractivity contribution in [3.05, 3.63) is 128 Å². The van der Waals surface area contributed by atoms with E-state index in [0.717, 1.165) is 4.57 Å². The predicted octanol–water partition coefficient (Wildman–Crippen LogP) is 7.85. The second kappa shape index (κ2) is 20.9. The second-order valence-corrected chi connectivity index (χ2v) is 18.0. The summed E-state index contributed by atoms with van der Waals surface area (Å²) < 4.78 is 22.5. The molecular formula is C48H52Cl2FN9O7. The van der Waals surface area contributed by atoms with Gasteiger partial charge in [-0.05, 0) is 106 Å². The molecule has 16 nitrogen and oxygen atoms in total. The second-order valence-electron chi connectivity index (χ2n) is 17.2. The molecule has 4 heterocycles. The first kappa shape index (κ1) is 48.2. The van der Waals surface area contributed by atoms with Crippen LogP contribution < -0.4 is 21.6 Å². The largest absolute Gasteiger partial charge is 0.508 e. The van der Waals surface area contributed by atoms with Gasteiger partial charge in [0.15, 0.2) is 5.82 Å². The summed E-state index contributed by atoms with van der Waals surface area (Å²) in [6.07, 6.45) is 4.13. The maximum atomic E-state index is 15.7. The highest BCUT2D eigenvalue weighted by Gasteiger charge is 2.29. The number of pyridine rings is 1. The number of amides is 2. The van der Waals surface area contributed by atoms with E-state index in [4.69, 9.17) is 27.9 Å². The molecule has 3 aromatic heterocycles. The number of aromatic hydroxyl groups is 2. The summed E-state index contributed by atoms with van der Waals surface area (Å²) >= 11 is 12.8. The highest BCUT2D eigenvalue weighted by atomic mass is 35.5. The normalized spacial score (nSPS) is 14.2. The summed E-state index contributed by atoms with van der Waals surface area (Å²) in [6, 6.07) is 15.8. The number of hydrogen-bond donors (Lipinski definition) is 7. The number of phenols is 2. The molecule has 352 valence electrons. The van der Waals surface area contributed by atoms with Crippen molar-refractivity contribution < 1.29 is 33.7 Å². The minimum atomic E-state index is -1.00. The fourth-order valence-electron chi connectivity index (χ4n) is 7.93. The molecule has 0 saturated carbocycles. The van der Waals surface area contributed by atoms with Crippen molar-refractivity contribution in [2.24, 2.45) is 5.92 Å². The van der Waals surface area contributed by atoms with Crippen LogP contribution in [0.1, 0.15) is 86.6 Å². The molecule has 0 aliphatic carbocycles. The van der Waals surface area contributed by atoms with E-state index in [0.29, 0.717) is 69.6 Å². The number of nitrogens with one attached hydrogen (secondary N) is 5. The number of phenolic OH excluding ortho intramolecular Hbond substituents is 2. The molecule has 1 fully saturated rings.